The lowest BCUT2D eigenvalue weighted by atomic mass is 9.58. The first kappa shape index (κ1) is 15.8. The molecule has 1 aromatic carbocycles. The molecule has 0 spiro atoms. The van der Waals surface area contributed by atoms with Gasteiger partial charge in [0.1, 0.15) is 6.07 Å². The van der Waals surface area contributed by atoms with Crippen LogP contribution in [0.2, 0.25) is 0 Å². The Hall–Kier alpha value is -3.07. The van der Waals surface area contributed by atoms with Crippen LogP contribution in [0.25, 0.3) is 0 Å². The van der Waals surface area contributed by atoms with Gasteiger partial charge < -0.3 is 10.6 Å². The first-order chi connectivity index (χ1) is 11.6. The summed E-state index contributed by atoms with van der Waals surface area (Å²) in [6.45, 7) is 1.40. The van der Waals surface area contributed by atoms with E-state index in [0.29, 0.717) is 12.1 Å². The van der Waals surface area contributed by atoms with E-state index in [2.05, 4.69) is 23.1 Å². The van der Waals surface area contributed by atoms with E-state index in [1.165, 1.54) is 0 Å². The second kappa shape index (κ2) is 5.85. The molecule has 5 heteroatoms. The molecule has 0 radical (unpaired) electrons. The molecular formula is C19H17N5. The van der Waals surface area contributed by atoms with E-state index in [-0.39, 0.29) is 11.6 Å². The fourth-order valence-corrected chi connectivity index (χ4v) is 3.86. The van der Waals surface area contributed by atoms with Crippen LogP contribution in [-0.2, 0) is 0 Å². The smallest absolute Gasteiger partial charge is 0.191 e. The standard InChI is InChI=1S/C19H17N5/c1-24-8-7-14-15(9-20)18(23)19(11-21,12-22)17(16(14)10-24)13-5-3-2-4-6-13/h2-7,16-17H,8,10,23H2,1H3/t16-,17+/m0/s1. The van der Waals surface area contributed by atoms with Gasteiger partial charge in [-0.3, -0.25) is 0 Å². The van der Waals surface area contributed by atoms with Crippen molar-refractivity contribution in [2.75, 3.05) is 20.1 Å². The summed E-state index contributed by atoms with van der Waals surface area (Å²) in [5.74, 6) is -0.521. The van der Waals surface area contributed by atoms with E-state index in [1.807, 2.05) is 43.5 Å². The quantitative estimate of drug-likeness (QED) is 0.854. The summed E-state index contributed by atoms with van der Waals surface area (Å²) >= 11 is 0. The molecule has 0 fully saturated rings. The lowest BCUT2D eigenvalue weighted by molar-refractivity contribution is 0.237. The van der Waals surface area contributed by atoms with Crippen LogP contribution in [0.4, 0.5) is 0 Å². The minimum Gasteiger partial charge on any atom is -0.399 e. The lowest BCUT2D eigenvalue weighted by Gasteiger charge is -2.45. The predicted molar refractivity (Wildman–Crippen MR) is 88.7 cm³/mol. The molecule has 0 bridgehead atoms. The number of rotatable bonds is 1. The molecule has 2 aliphatic rings. The predicted octanol–water partition coefficient (Wildman–Crippen LogP) is 2.04. The first-order valence-electron chi connectivity index (χ1n) is 7.75. The van der Waals surface area contributed by atoms with Crippen LogP contribution in [0, 0.1) is 45.3 Å². The molecule has 2 atom stereocenters. The Bertz CT molecular complexity index is 830. The second-order valence-electron chi connectivity index (χ2n) is 6.31. The number of nitriles is 3. The van der Waals surface area contributed by atoms with Gasteiger partial charge in [0.2, 0.25) is 0 Å². The second-order valence-corrected chi connectivity index (χ2v) is 6.31. The molecule has 0 unspecified atom stereocenters. The number of nitrogens with two attached hydrogens (primary N) is 1. The van der Waals surface area contributed by atoms with Crippen molar-refractivity contribution in [1.82, 2.24) is 4.90 Å². The molecule has 5 nitrogen and oxygen atoms in total. The molecule has 0 saturated heterocycles. The SMILES string of the molecule is CN1CC=C2C(C#N)=C(N)C(C#N)(C#N)[C@H](c3ccccc3)[C@H]2C1. The van der Waals surface area contributed by atoms with Crippen LogP contribution in [0.15, 0.2) is 53.3 Å². The normalized spacial score (nSPS) is 25.7. The van der Waals surface area contributed by atoms with Crippen molar-refractivity contribution in [3.05, 3.63) is 58.8 Å². The molecule has 1 heterocycles. The highest BCUT2D eigenvalue weighted by Crippen LogP contribution is 2.53. The van der Waals surface area contributed by atoms with Crippen LogP contribution in [-0.4, -0.2) is 25.0 Å². The van der Waals surface area contributed by atoms with Gasteiger partial charge in [0.15, 0.2) is 5.41 Å². The molecular weight excluding hydrogens is 298 g/mol. The number of likely N-dealkylation sites (N-methyl/N-ethyl adjacent to an activating group) is 1. The van der Waals surface area contributed by atoms with Gasteiger partial charge in [-0.15, -0.1) is 0 Å². The summed E-state index contributed by atoms with van der Waals surface area (Å²) in [6, 6.07) is 15.9. The zero-order valence-electron chi connectivity index (χ0n) is 13.4. The molecule has 118 valence electrons. The maximum absolute atomic E-state index is 9.88. The zero-order valence-corrected chi connectivity index (χ0v) is 13.4. The number of fused-ring (bicyclic) bond motifs is 1. The third-order valence-electron chi connectivity index (χ3n) is 5.01. The van der Waals surface area contributed by atoms with Crippen LogP contribution >= 0.6 is 0 Å². The van der Waals surface area contributed by atoms with Crippen molar-refractivity contribution in [3.8, 4) is 18.2 Å². The van der Waals surface area contributed by atoms with E-state index < -0.39 is 11.3 Å². The molecule has 0 aromatic heterocycles. The Labute approximate surface area is 141 Å². The minimum atomic E-state index is -1.54. The van der Waals surface area contributed by atoms with Crippen molar-refractivity contribution in [2.45, 2.75) is 5.92 Å². The van der Waals surface area contributed by atoms with Gasteiger partial charge in [-0.2, -0.15) is 15.8 Å². The minimum absolute atomic E-state index is 0.0795. The monoisotopic (exact) mass is 315 g/mol. The maximum atomic E-state index is 9.88. The number of allylic oxidation sites excluding steroid dienone is 2. The molecule has 1 aliphatic carbocycles. The Morgan fingerprint density at radius 3 is 2.42 bits per heavy atom. The van der Waals surface area contributed by atoms with Crippen molar-refractivity contribution in [1.29, 1.82) is 15.8 Å². The van der Waals surface area contributed by atoms with Crippen LogP contribution in [0.1, 0.15) is 11.5 Å². The number of hydrogen-bond acceptors (Lipinski definition) is 5. The number of nitrogens with zero attached hydrogens (tertiary/aromatic N) is 4. The van der Waals surface area contributed by atoms with Crippen molar-refractivity contribution >= 4 is 0 Å². The summed E-state index contributed by atoms with van der Waals surface area (Å²) in [5, 5.41) is 29.4. The molecule has 0 amide bonds. The summed E-state index contributed by atoms with van der Waals surface area (Å²) in [4.78, 5) is 2.13. The third-order valence-corrected chi connectivity index (χ3v) is 5.01. The zero-order chi connectivity index (χ0) is 17.3. The largest absolute Gasteiger partial charge is 0.399 e. The average molecular weight is 315 g/mol. The third kappa shape index (κ3) is 2.09. The van der Waals surface area contributed by atoms with Gasteiger partial charge >= 0.3 is 0 Å². The van der Waals surface area contributed by atoms with Gasteiger partial charge in [-0.1, -0.05) is 36.4 Å². The Balaban J connectivity index is 2.33. The topological polar surface area (TPSA) is 101 Å². The molecule has 1 aliphatic heterocycles. The van der Waals surface area contributed by atoms with E-state index in [0.717, 1.165) is 17.7 Å². The highest BCUT2D eigenvalue weighted by Gasteiger charge is 2.54. The first-order valence-corrected chi connectivity index (χ1v) is 7.75. The summed E-state index contributed by atoms with van der Waals surface area (Å²) in [7, 11) is 1.99. The summed E-state index contributed by atoms with van der Waals surface area (Å²) < 4.78 is 0. The van der Waals surface area contributed by atoms with E-state index in [1.54, 1.807) is 0 Å². The fourth-order valence-electron chi connectivity index (χ4n) is 3.86. The summed E-state index contributed by atoms with van der Waals surface area (Å²) in [6.07, 6.45) is 1.99. The molecule has 24 heavy (non-hydrogen) atoms. The Kier molecular flexibility index (Phi) is 3.86. The highest BCUT2D eigenvalue weighted by molar-refractivity contribution is 5.59. The van der Waals surface area contributed by atoms with Gasteiger partial charge in [0, 0.05) is 24.9 Å². The summed E-state index contributed by atoms with van der Waals surface area (Å²) in [5.41, 5.74) is 6.82. The molecule has 1 aromatic rings. The van der Waals surface area contributed by atoms with Crippen LogP contribution in [0.3, 0.4) is 0 Å². The molecule has 2 N–H and O–H groups in total. The average Bonchev–Trinajstić information content (AvgIpc) is 2.62. The van der Waals surface area contributed by atoms with Gasteiger partial charge in [0.25, 0.3) is 0 Å². The molecule has 3 rings (SSSR count). The number of benzene rings is 1. The van der Waals surface area contributed by atoms with Crippen LogP contribution in [0.5, 0.6) is 0 Å². The van der Waals surface area contributed by atoms with E-state index in [4.69, 9.17) is 5.73 Å². The Morgan fingerprint density at radius 1 is 1.17 bits per heavy atom. The van der Waals surface area contributed by atoms with Gasteiger partial charge in [-0.25, -0.2) is 0 Å². The van der Waals surface area contributed by atoms with E-state index >= 15 is 0 Å². The van der Waals surface area contributed by atoms with Crippen LogP contribution < -0.4 is 5.73 Å². The fraction of sp³-hybridized carbons (Fsp3) is 0.316. The van der Waals surface area contributed by atoms with Crippen molar-refractivity contribution < 1.29 is 0 Å². The van der Waals surface area contributed by atoms with Crippen molar-refractivity contribution in [2.24, 2.45) is 17.1 Å². The van der Waals surface area contributed by atoms with Gasteiger partial charge in [-0.05, 0) is 18.2 Å². The van der Waals surface area contributed by atoms with Crippen molar-refractivity contribution in [3.63, 3.8) is 0 Å². The van der Waals surface area contributed by atoms with E-state index in [9.17, 15) is 15.8 Å². The lowest BCUT2D eigenvalue weighted by Crippen LogP contribution is -2.47. The van der Waals surface area contributed by atoms with Gasteiger partial charge in [0.05, 0.1) is 23.4 Å². The Morgan fingerprint density at radius 2 is 1.83 bits per heavy atom. The highest BCUT2D eigenvalue weighted by atomic mass is 15.1. The maximum Gasteiger partial charge on any atom is 0.191 e. The molecule has 0 saturated carbocycles. The number of hydrogen-bond donors (Lipinski definition) is 1.